The van der Waals surface area contributed by atoms with E-state index < -0.39 is 0 Å². The molecule has 0 bridgehead atoms. The van der Waals surface area contributed by atoms with E-state index in [1.54, 1.807) is 0 Å². The number of hydrogen-bond donors (Lipinski definition) is 0. The van der Waals surface area contributed by atoms with Crippen LogP contribution in [0.5, 0.6) is 0 Å². The number of allylic oxidation sites excluding steroid dienone is 6. The molecule has 0 aromatic heterocycles. The molecule has 0 unspecified atom stereocenters. The molecule has 0 aromatic rings. The second kappa shape index (κ2) is 2.74. The zero-order valence-corrected chi connectivity index (χ0v) is 7.26. The first-order valence-corrected chi connectivity index (χ1v) is 4.38. The van der Waals surface area contributed by atoms with Crippen molar-refractivity contribution in [3.63, 3.8) is 0 Å². The van der Waals surface area contributed by atoms with E-state index >= 15 is 0 Å². The van der Waals surface area contributed by atoms with Crippen LogP contribution in [-0.2, 0) is 4.79 Å². The molecule has 12 heavy (non-hydrogen) atoms. The molecule has 0 aliphatic heterocycles. The first kappa shape index (κ1) is 7.53. The lowest BCUT2D eigenvalue weighted by Gasteiger charge is -2.01. The highest BCUT2D eigenvalue weighted by molar-refractivity contribution is 6.00. The smallest absolute Gasteiger partial charge is 0.159 e. The van der Waals surface area contributed by atoms with E-state index in [2.05, 4.69) is 19.1 Å². The van der Waals surface area contributed by atoms with E-state index in [4.69, 9.17) is 0 Å². The second-order valence-corrected chi connectivity index (χ2v) is 3.36. The SMILES string of the molecule is CC1=CC=CCC2=C1CCC2=O. The molecule has 0 saturated carbocycles. The highest BCUT2D eigenvalue weighted by Crippen LogP contribution is 2.32. The summed E-state index contributed by atoms with van der Waals surface area (Å²) in [5.74, 6) is 0.351. The van der Waals surface area contributed by atoms with Crippen LogP contribution in [0.15, 0.2) is 34.9 Å². The van der Waals surface area contributed by atoms with Crippen molar-refractivity contribution in [2.45, 2.75) is 26.2 Å². The van der Waals surface area contributed by atoms with Crippen molar-refractivity contribution in [1.82, 2.24) is 0 Å². The fourth-order valence-corrected chi connectivity index (χ4v) is 1.88. The van der Waals surface area contributed by atoms with Crippen LogP contribution in [0.4, 0.5) is 0 Å². The van der Waals surface area contributed by atoms with Crippen LogP contribution in [0.25, 0.3) is 0 Å². The summed E-state index contributed by atoms with van der Waals surface area (Å²) in [5.41, 5.74) is 3.62. The number of hydrogen-bond acceptors (Lipinski definition) is 1. The maximum absolute atomic E-state index is 11.4. The molecule has 0 fully saturated rings. The van der Waals surface area contributed by atoms with Crippen molar-refractivity contribution >= 4 is 5.78 Å². The molecule has 2 aliphatic carbocycles. The maximum atomic E-state index is 11.4. The number of rotatable bonds is 0. The lowest BCUT2D eigenvalue weighted by Crippen LogP contribution is -1.94. The zero-order chi connectivity index (χ0) is 8.55. The van der Waals surface area contributed by atoms with Crippen molar-refractivity contribution in [3.05, 3.63) is 34.9 Å². The number of ketones is 1. The van der Waals surface area contributed by atoms with Crippen LogP contribution >= 0.6 is 0 Å². The average molecular weight is 160 g/mol. The lowest BCUT2D eigenvalue weighted by molar-refractivity contribution is -0.114. The van der Waals surface area contributed by atoms with Gasteiger partial charge in [-0.3, -0.25) is 4.79 Å². The first-order chi connectivity index (χ1) is 5.79. The molecule has 0 amide bonds. The molecular formula is C11H12O. The van der Waals surface area contributed by atoms with Crippen LogP contribution < -0.4 is 0 Å². The standard InChI is InChI=1S/C11H12O/c1-8-4-2-3-5-10-9(8)6-7-11(10)12/h2-4H,5-7H2,1H3. The van der Waals surface area contributed by atoms with Crippen LogP contribution in [0.1, 0.15) is 26.2 Å². The maximum Gasteiger partial charge on any atom is 0.159 e. The Bertz CT molecular complexity index is 316. The molecule has 2 aliphatic rings. The molecule has 0 heterocycles. The molecule has 1 heteroatoms. The van der Waals surface area contributed by atoms with Gasteiger partial charge in [0.25, 0.3) is 0 Å². The van der Waals surface area contributed by atoms with E-state index in [1.165, 1.54) is 11.1 Å². The third-order valence-corrected chi connectivity index (χ3v) is 2.58. The minimum atomic E-state index is 0.351. The molecule has 0 atom stereocenters. The van der Waals surface area contributed by atoms with Gasteiger partial charge in [-0.15, -0.1) is 0 Å². The van der Waals surface area contributed by atoms with Gasteiger partial charge in [0.2, 0.25) is 0 Å². The number of carbonyl (C=O) groups is 1. The summed E-state index contributed by atoms with van der Waals surface area (Å²) in [7, 11) is 0. The average Bonchev–Trinajstić information content (AvgIpc) is 2.30. The largest absolute Gasteiger partial charge is 0.295 e. The summed E-state index contributed by atoms with van der Waals surface area (Å²) in [6, 6.07) is 0. The summed E-state index contributed by atoms with van der Waals surface area (Å²) >= 11 is 0. The van der Waals surface area contributed by atoms with Gasteiger partial charge in [-0.25, -0.2) is 0 Å². The Morgan fingerprint density at radius 2 is 2.08 bits per heavy atom. The number of carbonyl (C=O) groups excluding carboxylic acids is 1. The van der Waals surface area contributed by atoms with Crippen molar-refractivity contribution in [2.75, 3.05) is 0 Å². The Balaban J connectivity index is 2.46. The Labute approximate surface area is 72.5 Å². The molecule has 2 rings (SSSR count). The molecule has 0 aromatic carbocycles. The fraction of sp³-hybridized carbons (Fsp3) is 0.364. The predicted molar refractivity (Wildman–Crippen MR) is 48.8 cm³/mol. The van der Waals surface area contributed by atoms with Crippen LogP contribution in [0.3, 0.4) is 0 Å². The number of Topliss-reactive ketones (excluding diaryl/α,β-unsaturated/α-hetero) is 1. The van der Waals surface area contributed by atoms with Gasteiger partial charge < -0.3 is 0 Å². The highest BCUT2D eigenvalue weighted by atomic mass is 16.1. The van der Waals surface area contributed by atoms with Gasteiger partial charge >= 0.3 is 0 Å². The summed E-state index contributed by atoms with van der Waals surface area (Å²) in [6.07, 6.45) is 8.72. The van der Waals surface area contributed by atoms with Gasteiger partial charge in [-0.05, 0) is 30.9 Å². The Hall–Kier alpha value is -1.11. The zero-order valence-electron chi connectivity index (χ0n) is 7.26. The van der Waals surface area contributed by atoms with Crippen molar-refractivity contribution < 1.29 is 4.79 Å². The quantitative estimate of drug-likeness (QED) is 0.532. The lowest BCUT2D eigenvalue weighted by atomic mass is 10.0. The summed E-state index contributed by atoms with van der Waals surface area (Å²) in [4.78, 5) is 11.4. The fourth-order valence-electron chi connectivity index (χ4n) is 1.88. The van der Waals surface area contributed by atoms with Gasteiger partial charge in [-0.1, -0.05) is 18.2 Å². The molecular weight excluding hydrogens is 148 g/mol. The Morgan fingerprint density at radius 3 is 2.92 bits per heavy atom. The second-order valence-electron chi connectivity index (χ2n) is 3.36. The Kier molecular flexibility index (Phi) is 1.72. The van der Waals surface area contributed by atoms with E-state index in [9.17, 15) is 4.79 Å². The monoisotopic (exact) mass is 160 g/mol. The highest BCUT2D eigenvalue weighted by Gasteiger charge is 2.22. The normalized spacial score (nSPS) is 22.4. The van der Waals surface area contributed by atoms with Crippen LogP contribution in [0, 0.1) is 0 Å². The van der Waals surface area contributed by atoms with Gasteiger partial charge in [0.05, 0.1) is 0 Å². The van der Waals surface area contributed by atoms with E-state index in [0.29, 0.717) is 5.78 Å². The van der Waals surface area contributed by atoms with Gasteiger partial charge in [-0.2, -0.15) is 0 Å². The van der Waals surface area contributed by atoms with E-state index in [-0.39, 0.29) is 0 Å². The summed E-state index contributed by atoms with van der Waals surface area (Å²) < 4.78 is 0. The van der Waals surface area contributed by atoms with Crippen molar-refractivity contribution in [3.8, 4) is 0 Å². The molecule has 1 nitrogen and oxygen atoms in total. The minimum Gasteiger partial charge on any atom is -0.295 e. The van der Waals surface area contributed by atoms with Crippen molar-refractivity contribution in [2.24, 2.45) is 0 Å². The topological polar surface area (TPSA) is 17.1 Å². The first-order valence-electron chi connectivity index (χ1n) is 4.38. The molecule has 0 radical (unpaired) electrons. The summed E-state index contributed by atoms with van der Waals surface area (Å²) in [5, 5.41) is 0. The van der Waals surface area contributed by atoms with Crippen LogP contribution in [-0.4, -0.2) is 5.78 Å². The molecule has 0 saturated heterocycles. The predicted octanol–water partition coefficient (Wildman–Crippen LogP) is 2.55. The third-order valence-electron chi connectivity index (χ3n) is 2.58. The molecule has 62 valence electrons. The molecule has 0 spiro atoms. The Morgan fingerprint density at radius 1 is 1.25 bits per heavy atom. The van der Waals surface area contributed by atoms with E-state index in [1.807, 2.05) is 6.08 Å². The van der Waals surface area contributed by atoms with Gasteiger partial charge in [0.15, 0.2) is 5.78 Å². The third kappa shape index (κ3) is 1.06. The van der Waals surface area contributed by atoms with Crippen LogP contribution in [0.2, 0.25) is 0 Å². The van der Waals surface area contributed by atoms with Gasteiger partial charge in [0.1, 0.15) is 0 Å². The van der Waals surface area contributed by atoms with Crippen molar-refractivity contribution in [1.29, 1.82) is 0 Å². The van der Waals surface area contributed by atoms with Gasteiger partial charge in [0, 0.05) is 12.0 Å². The molecule has 0 N–H and O–H groups in total. The van der Waals surface area contributed by atoms with E-state index in [0.717, 1.165) is 24.8 Å². The summed E-state index contributed by atoms with van der Waals surface area (Å²) in [6.45, 7) is 2.09. The minimum absolute atomic E-state index is 0.351.